The van der Waals surface area contributed by atoms with E-state index in [1.807, 2.05) is 0 Å². The maximum Gasteiger partial charge on any atom is 0.251 e. The van der Waals surface area contributed by atoms with Gasteiger partial charge in [-0.05, 0) is 6.42 Å². The van der Waals surface area contributed by atoms with Crippen molar-refractivity contribution < 1.29 is 4.79 Å². The Morgan fingerprint density at radius 1 is 1.58 bits per heavy atom. The Hall–Kier alpha value is -1.39. The highest BCUT2D eigenvalue weighted by molar-refractivity contribution is 5.93. The Morgan fingerprint density at radius 2 is 2.42 bits per heavy atom. The molecule has 1 saturated heterocycles. The second-order valence-corrected chi connectivity index (χ2v) is 2.87. The van der Waals surface area contributed by atoms with Crippen LogP contribution in [0, 0.1) is 0 Å². The lowest BCUT2D eigenvalue weighted by Gasteiger charge is -2.08. The van der Waals surface area contributed by atoms with Gasteiger partial charge in [0.05, 0.1) is 0 Å². The molecule has 2 rings (SSSR count). The molecule has 1 amide bonds. The first-order chi connectivity index (χ1) is 5.77. The fraction of sp³-hybridized carbons (Fsp3) is 0.571. The fourth-order valence-corrected chi connectivity index (χ4v) is 1.31. The summed E-state index contributed by atoms with van der Waals surface area (Å²) in [4.78, 5) is 16.9. The highest BCUT2D eigenvalue weighted by Gasteiger charge is 2.24. The van der Waals surface area contributed by atoms with Gasteiger partial charge in [0.15, 0.2) is 0 Å². The van der Waals surface area contributed by atoms with Crippen molar-refractivity contribution in [3.8, 4) is 0 Å². The van der Waals surface area contributed by atoms with Crippen molar-refractivity contribution in [2.45, 2.75) is 12.8 Å². The van der Waals surface area contributed by atoms with E-state index < -0.39 is 0 Å². The third kappa shape index (κ3) is 1.07. The van der Waals surface area contributed by atoms with Crippen LogP contribution in [0.15, 0.2) is 6.33 Å². The number of anilines is 1. The van der Waals surface area contributed by atoms with Crippen molar-refractivity contribution in [3.05, 3.63) is 6.33 Å². The molecule has 0 aliphatic carbocycles. The molecule has 5 nitrogen and oxygen atoms in total. The zero-order chi connectivity index (χ0) is 8.55. The minimum absolute atomic E-state index is 0.126. The van der Waals surface area contributed by atoms with Crippen LogP contribution in [0.3, 0.4) is 0 Å². The lowest BCUT2D eigenvalue weighted by Crippen LogP contribution is -2.25. The summed E-state index contributed by atoms with van der Waals surface area (Å²) in [5.74, 6) is 0.654. The maximum atomic E-state index is 11.2. The molecule has 0 saturated carbocycles. The molecular weight excluding hydrogens is 156 g/mol. The Labute approximate surface area is 70.0 Å². The normalized spacial score (nSPS) is 17.4. The van der Waals surface area contributed by atoms with E-state index in [1.54, 1.807) is 23.0 Å². The van der Waals surface area contributed by atoms with Crippen molar-refractivity contribution in [2.24, 2.45) is 7.05 Å². The van der Waals surface area contributed by atoms with Crippen molar-refractivity contribution >= 4 is 11.9 Å². The van der Waals surface area contributed by atoms with E-state index in [-0.39, 0.29) is 5.91 Å². The monoisotopic (exact) mass is 166 g/mol. The van der Waals surface area contributed by atoms with E-state index >= 15 is 0 Å². The smallest absolute Gasteiger partial charge is 0.251 e. The van der Waals surface area contributed by atoms with Crippen molar-refractivity contribution in [1.82, 2.24) is 14.8 Å². The van der Waals surface area contributed by atoms with E-state index in [1.165, 1.54) is 0 Å². The van der Waals surface area contributed by atoms with Crippen LogP contribution in [0.25, 0.3) is 0 Å². The number of aromatic nitrogens is 3. The van der Waals surface area contributed by atoms with Crippen molar-refractivity contribution in [2.75, 3.05) is 11.4 Å². The first-order valence-corrected chi connectivity index (χ1v) is 3.93. The Bertz CT molecular complexity index is 306. The second-order valence-electron chi connectivity index (χ2n) is 2.87. The van der Waals surface area contributed by atoms with Crippen LogP contribution in [-0.4, -0.2) is 27.2 Å². The molecule has 1 aliphatic rings. The predicted molar refractivity (Wildman–Crippen MR) is 42.6 cm³/mol. The lowest BCUT2D eigenvalue weighted by atomic mass is 10.4. The van der Waals surface area contributed by atoms with Crippen LogP contribution in [0.4, 0.5) is 5.95 Å². The summed E-state index contributed by atoms with van der Waals surface area (Å²) >= 11 is 0. The van der Waals surface area contributed by atoms with Gasteiger partial charge in [-0.3, -0.25) is 14.4 Å². The van der Waals surface area contributed by atoms with Gasteiger partial charge in [0, 0.05) is 20.0 Å². The minimum Gasteiger partial charge on any atom is -0.279 e. The molecule has 0 bridgehead atoms. The topological polar surface area (TPSA) is 51.0 Å². The average Bonchev–Trinajstić information content (AvgIpc) is 2.58. The molecule has 1 aromatic heterocycles. The molecule has 1 aromatic rings. The number of hydrogen-bond acceptors (Lipinski definition) is 3. The first-order valence-electron chi connectivity index (χ1n) is 3.93. The highest BCUT2D eigenvalue weighted by atomic mass is 16.2. The fourth-order valence-electron chi connectivity index (χ4n) is 1.31. The number of amides is 1. The molecule has 2 heterocycles. The van der Waals surface area contributed by atoms with Gasteiger partial charge in [-0.1, -0.05) is 0 Å². The summed E-state index contributed by atoms with van der Waals surface area (Å²) in [6.07, 6.45) is 3.14. The number of carbonyl (C=O) groups excluding carboxylic acids is 1. The third-order valence-corrected chi connectivity index (χ3v) is 1.90. The van der Waals surface area contributed by atoms with Gasteiger partial charge in [0.25, 0.3) is 5.95 Å². The minimum atomic E-state index is 0.126. The summed E-state index contributed by atoms with van der Waals surface area (Å²) in [5.41, 5.74) is 0. The highest BCUT2D eigenvalue weighted by Crippen LogP contribution is 2.15. The van der Waals surface area contributed by atoms with Gasteiger partial charge < -0.3 is 0 Å². The molecule has 0 N–H and O–H groups in total. The Kier molecular flexibility index (Phi) is 1.56. The lowest BCUT2D eigenvalue weighted by molar-refractivity contribution is -0.117. The summed E-state index contributed by atoms with van der Waals surface area (Å²) in [6, 6.07) is 0. The molecule has 0 atom stereocenters. The van der Waals surface area contributed by atoms with Gasteiger partial charge in [0.2, 0.25) is 5.91 Å². The number of carbonyl (C=O) groups is 1. The molecule has 1 aliphatic heterocycles. The molecule has 1 fully saturated rings. The SMILES string of the molecule is Cn1cnc(N2CCCC2=O)n1. The standard InChI is InChI=1S/C7H10N4O/c1-10-5-8-7(9-10)11-4-2-3-6(11)12/h5H,2-4H2,1H3. The maximum absolute atomic E-state index is 11.2. The Balaban J connectivity index is 2.24. The molecule has 0 spiro atoms. The van der Waals surface area contributed by atoms with Crippen LogP contribution in [-0.2, 0) is 11.8 Å². The molecule has 0 radical (unpaired) electrons. The molecule has 0 aromatic carbocycles. The van der Waals surface area contributed by atoms with Gasteiger partial charge in [-0.25, -0.2) is 4.98 Å². The first kappa shape index (κ1) is 7.27. The van der Waals surface area contributed by atoms with Crippen LogP contribution >= 0.6 is 0 Å². The third-order valence-electron chi connectivity index (χ3n) is 1.90. The molecule has 5 heteroatoms. The van der Waals surface area contributed by atoms with Gasteiger partial charge in [-0.2, -0.15) is 0 Å². The van der Waals surface area contributed by atoms with Gasteiger partial charge in [-0.15, -0.1) is 5.10 Å². The number of rotatable bonds is 1. The molecular formula is C7H10N4O. The van der Waals surface area contributed by atoms with Gasteiger partial charge >= 0.3 is 0 Å². The average molecular weight is 166 g/mol. The predicted octanol–water partition coefficient (Wildman–Crippen LogP) is -0.0581. The van der Waals surface area contributed by atoms with Crippen LogP contribution in [0.1, 0.15) is 12.8 Å². The zero-order valence-electron chi connectivity index (χ0n) is 6.90. The number of nitrogens with zero attached hydrogens (tertiary/aromatic N) is 4. The van der Waals surface area contributed by atoms with Crippen molar-refractivity contribution in [1.29, 1.82) is 0 Å². The number of aryl methyl sites for hydroxylation is 1. The van der Waals surface area contributed by atoms with E-state index in [0.717, 1.165) is 13.0 Å². The van der Waals surface area contributed by atoms with Crippen LogP contribution < -0.4 is 4.90 Å². The van der Waals surface area contributed by atoms with Crippen LogP contribution in [0.5, 0.6) is 0 Å². The molecule has 0 unspecified atom stereocenters. The largest absolute Gasteiger partial charge is 0.279 e. The van der Waals surface area contributed by atoms with E-state index in [9.17, 15) is 4.79 Å². The van der Waals surface area contributed by atoms with Crippen molar-refractivity contribution in [3.63, 3.8) is 0 Å². The molecule has 64 valence electrons. The summed E-state index contributed by atoms with van der Waals surface area (Å²) in [5, 5.41) is 4.05. The Morgan fingerprint density at radius 3 is 2.92 bits per heavy atom. The quantitative estimate of drug-likeness (QED) is 0.587. The van der Waals surface area contributed by atoms with E-state index in [4.69, 9.17) is 0 Å². The van der Waals surface area contributed by atoms with Gasteiger partial charge in [0.1, 0.15) is 6.33 Å². The molecule has 12 heavy (non-hydrogen) atoms. The summed E-state index contributed by atoms with van der Waals surface area (Å²) in [6.45, 7) is 0.753. The van der Waals surface area contributed by atoms with E-state index in [0.29, 0.717) is 12.4 Å². The summed E-state index contributed by atoms with van der Waals surface area (Å²) < 4.78 is 1.60. The van der Waals surface area contributed by atoms with Crippen LogP contribution in [0.2, 0.25) is 0 Å². The zero-order valence-corrected chi connectivity index (χ0v) is 6.90. The summed E-state index contributed by atoms with van der Waals surface area (Å²) in [7, 11) is 1.79. The number of hydrogen-bond donors (Lipinski definition) is 0. The van der Waals surface area contributed by atoms with E-state index in [2.05, 4.69) is 10.1 Å². The second kappa shape index (κ2) is 2.58.